The van der Waals surface area contributed by atoms with Crippen molar-refractivity contribution in [2.45, 2.75) is 0 Å². The highest BCUT2D eigenvalue weighted by molar-refractivity contribution is 6.41. The van der Waals surface area contributed by atoms with Crippen molar-refractivity contribution in [1.82, 2.24) is 0 Å². The Morgan fingerprint density at radius 2 is 0.816 bits per heavy atom. The third-order valence-corrected chi connectivity index (χ3v) is 9.23. The van der Waals surface area contributed by atoms with Crippen molar-refractivity contribution in [2.24, 2.45) is 0 Å². The average molecular weight is 652 g/mol. The van der Waals surface area contributed by atoms with Crippen LogP contribution in [0.4, 0.5) is 0 Å². The second kappa shape index (κ2) is 10.3. The molecule has 9 N–H and O–H groups in total. The number of phenolic OH excluding ortho intramolecular Hbond substituents is 9. The van der Waals surface area contributed by atoms with Crippen molar-refractivity contribution in [3.8, 4) is 85.1 Å². The maximum absolute atomic E-state index is 11.2. The fourth-order valence-electron chi connectivity index (χ4n) is 6.96. The van der Waals surface area contributed by atoms with E-state index in [0.717, 1.165) is 5.39 Å². The van der Waals surface area contributed by atoms with Gasteiger partial charge in [-0.15, -0.1) is 0 Å². The Hall–Kier alpha value is -6.88. The third-order valence-electron chi connectivity index (χ3n) is 9.23. The average Bonchev–Trinajstić information content (AvgIpc) is 3.50. The minimum Gasteiger partial charge on any atom is -0.505 e. The van der Waals surface area contributed by atoms with Gasteiger partial charge in [0, 0.05) is 21.9 Å². The third kappa shape index (κ3) is 3.96. The van der Waals surface area contributed by atoms with Gasteiger partial charge in [-0.1, -0.05) is 66.7 Å². The van der Waals surface area contributed by atoms with Gasteiger partial charge in [-0.25, -0.2) is 0 Å². The number of hydrogen-bond donors (Lipinski definition) is 9. The summed E-state index contributed by atoms with van der Waals surface area (Å²) in [6.07, 6.45) is 0. The molecule has 49 heavy (non-hydrogen) atoms. The van der Waals surface area contributed by atoms with Crippen molar-refractivity contribution in [3.05, 3.63) is 84.9 Å². The van der Waals surface area contributed by atoms with Crippen LogP contribution in [0.2, 0.25) is 0 Å². The predicted molar refractivity (Wildman–Crippen MR) is 188 cm³/mol. The molecule has 8 aromatic rings. The highest BCUT2D eigenvalue weighted by Gasteiger charge is 2.29. The summed E-state index contributed by atoms with van der Waals surface area (Å²) in [6.45, 7) is 0. The molecule has 0 aliphatic heterocycles. The van der Waals surface area contributed by atoms with E-state index < -0.39 is 51.7 Å². The molecule has 8 rings (SSSR count). The number of para-hydroxylation sites is 1. The summed E-state index contributed by atoms with van der Waals surface area (Å²) in [7, 11) is 1.52. The van der Waals surface area contributed by atoms with Gasteiger partial charge in [0.2, 0.25) is 28.7 Å². The van der Waals surface area contributed by atoms with Crippen LogP contribution >= 0.6 is 0 Å². The van der Waals surface area contributed by atoms with E-state index in [9.17, 15) is 46.0 Å². The van der Waals surface area contributed by atoms with Crippen LogP contribution in [-0.2, 0) is 0 Å². The Balaban J connectivity index is 1.59. The molecule has 0 aliphatic rings. The van der Waals surface area contributed by atoms with Gasteiger partial charge < -0.3 is 50.4 Å². The first-order valence-electron chi connectivity index (χ1n) is 15.1. The van der Waals surface area contributed by atoms with E-state index in [1.165, 1.54) is 7.85 Å². The van der Waals surface area contributed by atoms with E-state index in [-0.39, 0.29) is 22.2 Å². The maximum Gasteiger partial charge on any atom is 0.208 e. The number of phenols is 9. The van der Waals surface area contributed by atoms with Crippen LogP contribution in [0.1, 0.15) is 0 Å². The predicted octanol–water partition coefficient (Wildman–Crippen LogP) is 6.50. The second-order valence-electron chi connectivity index (χ2n) is 11.8. The van der Waals surface area contributed by atoms with Crippen LogP contribution in [-0.4, -0.2) is 53.8 Å². The Morgan fingerprint density at radius 3 is 1.37 bits per heavy atom. The summed E-state index contributed by atoms with van der Waals surface area (Å²) >= 11 is 0. The summed E-state index contributed by atoms with van der Waals surface area (Å²) in [4.78, 5) is 0. The van der Waals surface area contributed by atoms with E-state index in [0.29, 0.717) is 54.8 Å². The number of hydrogen-bond acceptors (Lipinski definition) is 10. The number of fused-ring (bicyclic) bond motifs is 5. The first-order valence-corrected chi connectivity index (χ1v) is 15.1. The summed E-state index contributed by atoms with van der Waals surface area (Å²) in [5, 5.41) is 99.6. The Bertz CT molecular complexity index is 2620. The molecule has 10 nitrogen and oxygen atoms in total. The molecule has 1 heterocycles. The van der Waals surface area contributed by atoms with Crippen molar-refractivity contribution in [1.29, 1.82) is 0 Å². The van der Waals surface area contributed by atoms with Crippen LogP contribution in [0.15, 0.2) is 89.3 Å². The van der Waals surface area contributed by atoms with E-state index >= 15 is 0 Å². The van der Waals surface area contributed by atoms with Crippen molar-refractivity contribution in [3.63, 3.8) is 0 Å². The highest BCUT2D eigenvalue weighted by Crippen LogP contribution is 2.57. The van der Waals surface area contributed by atoms with Crippen molar-refractivity contribution in [2.75, 3.05) is 0 Å². The molecule has 0 saturated carbocycles. The van der Waals surface area contributed by atoms with Crippen molar-refractivity contribution >= 4 is 56.8 Å². The van der Waals surface area contributed by atoms with Gasteiger partial charge in [0.15, 0.2) is 23.0 Å². The van der Waals surface area contributed by atoms with Gasteiger partial charge in [0.05, 0.1) is 5.56 Å². The molecular weight excluding hydrogens is 627 g/mol. The molecule has 0 saturated heterocycles. The van der Waals surface area contributed by atoms with Gasteiger partial charge >= 0.3 is 0 Å². The minimum absolute atomic E-state index is 0.115. The van der Waals surface area contributed by atoms with Crippen LogP contribution in [0.3, 0.4) is 0 Å². The molecule has 0 unspecified atom stereocenters. The summed E-state index contributed by atoms with van der Waals surface area (Å²) < 4.78 is 6.28. The molecule has 1 aromatic heterocycles. The Morgan fingerprint density at radius 1 is 0.388 bits per heavy atom. The van der Waals surface area contributed by atoms with E-state index in [2.05, 4.69) is 0 Å². The Labute approximate surface area is 276 Å². The fraction of sp³-hybridized carbons (Fsp3) is 0. The number of furan rings is 1. The number of rotatable bonds is 3. The van der Waals surface area contributed by atoms with Crippen LogP contribution < -0.4 is 5.46 Å². The lowest BCUT2D eigenvalue weighted by atomic mass is 9.79. The highest BCUT2D eigenvalue weighted by atomic mass is 16.4. The quantitative estimate of drug-likeness (QED) is 0.0440. The second-order valence-corrected chi connectivity index (χ2v) is 11.8. The first-order chi connectivity index (χ1) is 23.5. The van der Waals surface area contributed by atoms with E-state index in [1.807, 2.05) is 54.6 Å². The summed E-state index contributed by atoms with van der Waals surface area (Å²) in [6, 6.07) is 25.2. The minimum atomic E-state index is -1.08. The van der Waals surface area contributed by atoms with Gasteiger partial charge in [0.25, 0.3) is 0 Å². The van der Waals surface area contributed by atoms with Gasteiger partial charge in [-0.3, -0.25) is 0 Å². The van der Waals surface area contributed by atoms with Gasteiger partial charge in [0.1, 0.15) is 19.0 Å². The molecule has 240 valence electrons. The zero-order valence-corrected chi connectivity index (χ0v) is 25.5. The van der Waals surface area contributed by atoms with Crippen LogP contribution in [0.25, 0.3) is 76.9 Å². The molecule has 0 amide bonds. The smallest absolute Gasteiger partial charge is 0.208 e. The van der Waals surface area contributed by atoms with Gasteiger partial charge in [-0.2, -0.15) is 0 Å². The molecule has 0 radical (unpaired) electrons. The van der Waals surface area contributed by atoms with Gasteiger partial charge in [-0.05, 0) is 61.9 Å². The molecular formula is C38H25BO10. The van der Waals surface area contributed by atoms with Crippen LogP contribution in [0.5, 0.6) is 51.7 Å². The number of aromatic hydroxyl groups is 9. The normalized spacial score (nSPS) is 11.7. The van der Waals surface area contributed by atoms with E-state index in [1.54, 1.807) is 30.3 Å². The largest absolute Gasteiger partial charge is 0.505 e. The van der Waals surface area contributed by atoms with Crippen molar-refractivity contribution < 1.29 is 50.4 Å². The molecule has 7 aromatic carbocycles. The summed E-state index contributed by atoms with van der Waals surface area (Å²) in [5.74, 6) is -7.75. The molecule has 0 spiro atoms. The molecule has 11 heteroatoms. The lowest BCUT2D eigenvalue weighted by Gasteiger charge is -2.21. The zero-order chi connectivity index (χ0) is 34.5. The first kappa shape index (κ1) is 29.5. The lowest BCUT2D eigenvalue weighted by molar-refractivity contribution is 0.330. The molecule has 0 bridgehead atoms. The summed E-state index contributed by atoms with van der Waals surface area (Å²) in [5.41, 5.74) is 2.65. The molecule has 0 aliphatic carbocycles. The molecule has 0 atom stereocenters. The number of benzene rings is 7. The maximum atomic E-state index is 11.2. The van der Waals surface area contributed by atoms with Crippen LogP contribution in [0, 0.1) is 0 Å². The zero-order valence-electron chi connectivity index (χ0n) is 25.5. The topological polar surface area (TPSA) is 195 Å². The SMILES string of the molecule is Bc1c(O)c(O)c(O)c(O)c1-c1c2ccccc2c(-c2cc(-c3c(O)c(O)c(O)c(O)c3O)cc3oc4ccccc4c23)c2ccccc12. The molecule has 0 fully saturated rings. The fourth-order valence-corrected chi connectivity index (χ4v) is 6.96. The van der Waals surface area contributed by atoms with E-state index in [4.69, 9.17) is 4.42 Å². The Kier molecular flexibility index (Phi) is 6.21. The lowest BCUT2D eigenvalue weighted by Crippen LogP contribution is -2.09. The monoisotopic (exact) mass is 652 g/mol. The standard InChI is InChI=1S/C38H25BO10/c39-29-28(32(42)36(46)37(47)33(29)43)27-18-9-3-1-7-16(18)25(17-8-2-4-10-19(17)27)21-13-15(24-30(40)34(44)38(48)35(45)31(24)41)14-23-26(21)20-11-5-6-12-22(20)49-23/h1-14,40-48H,39H2.